The van der Waals surface area contributed by atoms with Crippen molar-refractivity contribution in [3.05, 3.63) is 75.8 Å². The lowest BCUT2D eigenvalue weighted by Crippen LogP contribution is -2.51. The number of carbonyl (C=O) groups is 2. The molecule has 0 radical (unpaired) electrons. The summed E-state index contributed by atoms with van der Waals surface area (Å²) in [6.07, 6.45) is 0.218. The van der Waals surface area contributed by atoms with E-state index in [9.17, 15) is 19.7 Å². The number of nitrogens with one attached hydrogen (secondary N) is 1. The fourth-order valence-corrected chi connectivity index (χ4v) is 3.23. The third kappa shape index (κ3) is 6.11. The van der Waals surface area contributed by atoms with Crippen LogP contribution in [-0.4, -0.2) is 59.3 Å². The van der Waals surface area contributed by atoms with E-state index in [1.54, 1.807) is 17.0 Å². The Morgan fingerprint density at radius 3 is 2.21 bits per heavy atom. The number of piperazine rings is 1. The third-order valence-electron chi connectivity index (χ3n) is 4.93. The van der Waals surface area contributed by atoms with Crippen LogP contribution in [0.3, 0.4) is 0 Å². The summed E-state index contributed by atoms with van der Waals surface area (Å²) < 4.78 is 0. The smallest absolute Gasteiger partial charge is 0.269 e. The van der Waals surface area contributed by atoms with Crippen molar-refractivity contribution in [1.29, 1.82) is 0 Å². The number of hydrogen-bond donors (Lipinski definition) is 1. The molecule has 1 saturated heterocycles. The summed E-state index contributed by atoms with van der Waals surface area (Å²) in [6.45, 7) is 3.25. The summed E-state index contributed by atoms with van der Waals surface area (Å²) in [7, 11) is 0. The zero-order chi connectivity index (χ0) is 20.6. The maximum atomic E-state index is 12.5. The van der Waals surface area contributed by atoms with Crippen molar-refractivity contribution < 1.29 is 14.5 Å². The molecule has 0 unspecified atom stereocenters. The molecule has 0 aromatic heterocycles. The summed E-state index contributed by atoms with van der Waals surface area (Å²) in [6, 6.07) is 15.8. The van der Waals surface area contributed by atoms with Crippen LogP contribution in [0.25, 0.3) is 0 Å². The second kappa shape index (κ2) is 9.79. The Hall–Kier alpha value is -3.26. The highest BCUT2D eigenvalue weighted by Crippen LogP contribution is 2.13. The molecule has 1 fully saturated rings. The predicted octanol–water partition coefficient (Wildman–Crippen LogP) is 1.60. The normalized spacial score (nSPS) is 14.4. The van der Waals surface area contributed by atoms with E-state index in [0.717, 1.165) is 11.1 Å². The van der Waals surface area contributed by atoms with Gasteiger partial charge in [0.2, 0.25) is 11.8 Å². The molecule has 0 bridgehead atoms. The Morgan fingerprint density at radius 1 is 0.931 bits per heavy atom. The molecule has 1 heterocycles. The van der Waals surface area contributed by atoms with Crippen LogP contribution in [0.5, 0.6) is 0 Å². The molecule has 2 aromatic rings. The van der Waals surface area contributed by atoms with Crippen molar-refractivity contribution in [3.63, 3.8) is 0 Å². The zero-order valence-electron chi connectivity index (χ0n) is 16.1. The second-order valence-corrected chi connectivity index (χ2v) is 7.02. The monoisotopic (exact) mass is 396 g/mol. The number of non-ortho nitro benzene ring substituents is 1. The molecule has 0 atom stereocenters. The van der Waals surface area contributed by atoms with Gasteiger partial charge < -0.3 is 10.2 Å². The molecule has 1 aliphatic heterocycles. The van der Waals surface area contributed by atoms with Crippen molar-refractivity contribution in [2.45, 2.75) is 13.0 Å². The van der Waals surface area contributed by atoms with Crippen LogP contribution in [0.2, 0.25) is 0 Å². The quantitative estimate of drug-likeness (QED) is 0.567. The fourth-order valence-electron chi connectivity index (χ4n) is 3.23. The highest BCUT2D eigenvalue weighted by Gasteiger charge is 2.22. The lowest BCUT2D eigenvalue weighted by atomic mass is 10.1. The Bertz CT molecular complexity index is 847. The van der Waals surface area contributed by atoms with E-state index in [-0.39, 0.29) is 23.9 Å². The van der Waals surface area contributed by atoms with E-state index in [4.69, 9.17) is 0 Å². The van der Waals surface area contributed by atoms with Crippen LogP contribution in [0.4, 0.5) is 5.69 Å². The van der Waals surface area contributed by atoms with Crippen LogP contribution in [0.1, 0.15) is 11.1 Å². The van der Waals surface area contributed by atoms with E-state index in [1.807, 2.05) is 35.2 Å². The molecule has 8 nitrogen and oxygen atoms in total. The molecule has 1 N–H and O–H groups in total. The van der Waals surface area contributed by atoms with Gasteiger partial charge in [0, 0.05) is 44.9 Å². The SMILES string of the molecule is O=C(CN1CCN(C(=O)Cc2ccc([N+](=O)[O-])cc2)CC1)NCc1ccccc1. The Kier molecular flexibility index (Phi) is 6.91. The zero-order valence-corrected chi connectivity index (χ0v) is 16.1. The lowest BCUT2D eigenvalue weighted by Gasteiger charge is -2.34. The van der Waals surface area contributed by atoms with Gasteiger partial charge in [-0.1, -0.05) is 42.5 Å². The first kappa shape index (κ1) is 20.5. The average Bonchev–Trinajstić information content (AvgIpc) is 2.74. The lowest BCUT2D eigenvalue weighted by molar-refractivity contribution is -0.384. The van der Waals surface area contributed by atoms with Crippen molar-refractivity contribution >= 4 is 17.5 Å². The standard InChI is InChI=1S/C21H24N4O4/c26-20(22-15-18-4-2-1-3-5-18)16-23-10-12-24(13-11-23)21(27)14-17-6-8-19(9-7-17)25(28)29/h1-9H,10-16H2,(H,22,26). The summed E-state index contributed by atoms with van der Waals surface area (Å²) in [5.41, 5.74) is 1.83. The largest absolute Gasteiger partial charge is 0.351 e. The molecule has 3 rings (SSSR count). The number of benzene rings is 2. The van der Waals surface area contributed by atoms with Gasteiger partial charge in [0.25, 0.3) is 5.69 Å². The minimum absolute atomic E-state index is 0.00738. The van der Waals surface area contributed by atoms with Crippen LogP contribution < -0.4 is 5.32 Å². The van der Waals surface area contributed by atoms with E-state index in [1.165, 1.54) is 12.1 Å². The first-order valence-electron chi connectivity index (χ1n) is 9.55. The van der Waals surface area contributed by atoms with Gasteiger partial charge in [-0.05, 0) is 11.1 Å². The molecule has 0 spiro atoms. The van der Waals surface area contributed by atoms with Gasteiger partial charge in [-0.15, -0.1) is 0 Å². The number of nitro groups is 1. The summed E-state index contributed by atoms with van der Waals surface area (Å²) in [5, 5.41) is 13.6. The maximum Gasteiger partial charge on any atom is 0.269 e. The van der Waals surface area contributed by atoms with Crippen molar-refractivity contribution in [2.24, 2.45) is 0 Å². The van der Waals surface area contributed by atoms with Crippen molar-refractivity contribution in [1.82, 2.24) is 15.1 Å². The number of rotatable bonds is 7. The molecule has 152 valence electrons. The highest BCUT2D eigenvalue weighted by molar-refractivity contribution is 5.79. The molecule has 29 heavy (non-hydrogen) atoms. The van der Waals surface area contributed by atoms with Gasteiger partial charge >= 0.3 is 0 Å². The van der Waals surface area contributed by atoms with Crippen LogP contribution in [0, 0.1) is 10.1 Å². The van der Waals surface area contributed by atoms with Crippen LogP contribution >= 0.6 is 0 Å². The van der Waals surface area contributed by atoms with Gasteiger partial charge in [-0.3, -0.25) is 24.6 Å². The molecule has 0 aliphatic carbocycles. The summed E-state index contributed by atoms with van der Waals surface area (Å²) >= 11 is 0. The predicted molar refractivity (Wildman–Crippen MR) is 108 cm³/mol. The van der Waals surface area contributed by atoms with Gasteiger partial charge in [0.1, 0.15) is 0 Å². The van der Waals surface area contributed by atoms with E-state index < -0.39 is 4.92 Å². The molecule has 2 amide bonds. The molecule has 1 aliphatic rings. The van der Waals surface area contributed by atoms with Gasteiger partial charge in [0.05, 0.1) is 17.9 Å². The second-order valence-electron chi connectivity index (χ2n) is 7.02. The fraction of sp³-hybridized carbons (Fsp3) is 0.333. The topological polar surface area (TPSA) is 95.8 Å². The number of hydrogen-bond acceptors (Lipinski definition) is 5. The Balaban J connectivity index is 1.39. The first-order chi connectivity index (χ1) is 14.0. The van der Waals surface area contributed by atoms with Gasteiger partial charge in [-0.2, -0.15) is 0 Å². The third-order valence-corrected chi connectivity index (χ3v) is 4.93. The molecule has 8 heteroatoms. The highest BCUT2D eigenvalue weighted by atomic mass is 16.6. The van der Waals surface area contributed by atoms with Crippen LogP contribution in [-0.2, 0) is 22.6 Å². The number of nitrogens with zero attached hydrogens (tertiary/aromatic N) is 3. The van der Waals surface area contributed by atoms with Gasteiger partial charge in [-0.25, -0.2) is 0 Å². The van der Waals surface area contributed by atoms with Gasteiger partial charge in [0.15, 0.2) is 0 Å². The molecular formula is C21H24N4O4. The number of carbonyl (C=O) groups excluding carboxylic acids is 2. The Labute approximate surface area is 169 Å². The van der Waals surface area contributed by atoms with E-state index >= 15 is 0 Å². The minimum Gasteiger partial charge on any atom is -0.351 e. The minimum atomic E-state index is -0.458. The summed E-state index contributed by atoms with van der Waals surface area (Å²) in [4.78, 5) is 38.7. The molecule has 0 saturated carbocycles. The number of nitro benzene ring substituents is 1. The number of amides is 2. The summed E-state index contributed by atoms with van der Waals surface area (Å²) in [5.74, 6) is -0.0356. The molecular weight excluding hydrogens is 372 g/mol. The van der Waals surface area contributed by atoms with Crippen molar-refractivity contribution in [3.8, 4) is 0 Å². The van der Waals surface area contributed by atoms with E-state index in [0.29, 0.717) is 39.3 Å². The molecule has 2 aromatic carbocycles. The van der Waals surface area contributed by atoms with Crippen molar-refractivity contribution in [2.75, 3.05) is 32.7 Å². The average molecular weight is 396 g/mol. The Morgan fingerprint density at radius 2 is 1.59 bits per heavy atom. The van der Waals surface area contributed by atoms with Crippen LogP contribution in [0.15, 0.2) is 54.6 Å². The maximum absolute atomic E-state index is 12.5. The first-order valence-corrected chi connectivity index (χ1v) is 9.55. The van der Waals surface area contributed by atoms with E-state index in [2.05, 4.69) is 5.32 Å².